The first-order valence-electron chi connectivity index (χ1n) is 7.87. The van der Waals surface area contributed by atoms with Crippen LogP contribution in [0.2, 0.25) is 0 Å². The number of rotatable bonds is 6. The van der Waals surface area contributed by atoms with Crippen molar-refractivity contribution in [2.75, 3.05) is 6.61 Å². The van der Waals surface area contributed by atoms with E-state index in [2.05, 4.69) is 59.9 Å². The zero-order chi connectivity index (χ0) is 15.6. The van der Waals surface area contributed by atoms with E-state index in [-0.39, 0.29) is 0 Å². The lowest BCUT2D eigenvalue weighted by Crippen LogP contribution is -1.97. The molecule has 0 aliphatic heterocycles. The molecule has 0 aliphatic carbocycles. The normalized spacial score (nSPS) is 9.91. The Morgan fingerprint density at radius 1 is 0.955 bits per heavy atom. The minimum absolute atomic E-state index is 0.513. The summed E-state index contributed by atoms with van der Waals surface area (Å²) in [5.41, 5.74) is 2.34. The van der Waals surface area contributed by atoms with Gasteiger partial charge in [0.1, 0.15) is 0 Å². The Hall–Kier alpha value is -2.34. The molecule has 0 unspecified atom stereocenters. The Kier molecular flexibility index (Phi) is 6.44. The average molecular weight is 294 g/mol. The molecule has 0 fully saturated rings. The third-order valence-electron chi connectivity index (χ3n) is 3.19. The van der Waals surface area contributed by atoms with Crippen LogP contribution in [0.25, 0.3) is 0 Å². The number of aromatic nitrogens is 2. The van der Waals surface area contributed by atoms with E-state index in [4.69, 9.17) is 4.74 Å². The first-order valence-corrected chi connectivity index (χ1v) is 7.87. The number of benzene rings is 1. The number of ether oxygens (including phenoxy) is 1. The van der Waals surface area contributed by atoms with E-state index < -0.39 is 0 Å². The van der Waals surface area contributed by atoms with Crippen molar-refractivity contribution in [2.24, 2.45) is 0 Å². The third-order valence-corrected chi connectivity index (χ3v) is 3.19. The summed E-state index contributed by atoms with van der Waals surface area (Å²) >= 11 is 0. The summed E-state index contributed by atoms with van der Waals surface area (Å²) in [7, 11) is 0. The fourth-order valence-corrected chi connectivity index (χ4v) is 1.94. The molecule has 2 rings (SSSR count). The van der Waals surface area contributed by atoms with E-state index in [1.165, 1.54) is 18.4 Å². The number of hydrogen-bond acceptors (Lipinski definition) is 3. The Balaban J connectivity index is 1.97. The molecule has 1 heterocycles. The van der Waals surface area contributed by atoms with Crippen molar-refractivity contribution in [3.8, 4) is 17.6 Å². The first kappa shape index (κ1) is 16.0. The van der Waals surface area contributed by atoms with Crippen molar-refractivity contribution in [3.05, 3.63) is 53.6 Å². The smallest absolute Gasteiger partial charge is 0.205 e. The Morgan fingerprint density at radius 2 is 1.68 bits per heavy atom. The van der Waals surface area contributed by atoms with Crippen LogP contribution in [0.15, 0.2) is 36.7 Å². The maximum Gasteiger partial charge on any atom is 0.205 e. The van der Waals surface area contributed by atoms with Gasteiger partial charge in [-0.1, -0.05) is 38.3 Å². The van der Waals surface area contributed by atoms with Gasteiger partial charge in [-0.25, -0.2) is 9.97 Å². The Morgan fingerprint density at radius 3 is 2.32 bits per heavy atom. The zero-order valence-electron chi connectivity index (χ0n) is 13.3. The highest BCUT2D eigenvalue weighted by molar-refractivity contribution is 5.39. The van der Waals surface area contributed by atoms with Gasteiger partial charge in [0, 0.05) is 5.56 Å². The SMILES string of the molecule is CCCCc1ccc(C#Cc2ncc(OCCC)cn2)cc1. The average Bonchev–Trinajstić information content (AvgIpc) is 2.58. The summed E-state index contributed by atoms with van der Waals surface area (Å²) in [5, 5.41) is 0. The summed E-state index contributed by atoms with van der Waals surface area (Å²) in [6.45, 7) is 4.95. The van der Waals surface area contributed by atoms with Gasteiger partial charge in [0.05, 0.1) is 19.0 Å². The molecule has 0 N–H and O–H groups in total. The van der Waals surface area contributed by atoms with Gasteiger partial charge in [-0.3, -0.25) is 0 Å². The molecule has 1 aromatic carbocycles. The fourth-order valence-electron chi connectivity index (χ4n) is 1.94. The molecule has 22 heavy (non-hydrogen) atoms. The topological polar surface area (TPSA) is 35.0 Å². The van der Waals surface area contributed by atoms with Gasteiger partial charge in [0.15, 0.2) is 5.75 Å². The summed E-state index contributed by atoms with van der Waals surface area (Å²) < 4.78 is 5.45. The Bertz CT molecular complexity index is 566. The highest BCUT2D eigenvalue weighted by Gasteiger charge is 1.96. The van der Waals surface area contributed by atoms with Crippen LogP contribution in [0.3, 0.4) is 0 Å². The molecule has 3 heteroatoms. The van der Waals surface area contributed by atoms with Gasteiger partial charge in [0.25, 0.3) is 0 Å². The van der Waals surface area contributed by atoms with E-state index >= 15 is 0 Å². The number of nitrogens with zero attached hydrogens (tertiary/aromatic N) is 2. The minimum Gasteiger partial charge on any atom is -0.490 e. The molecule has 0 amide bonds. The zero-order valence-corrected chi connectivity index (χ0v) is 13.3. The van der Waals surface area contributed by atoms with Crippen molar-refractivity contribution < 1.29 is 4.74 Å². The van der Waals surface area contributed by atoms with Gasteiger partial charge in [0.2, 0.25) is 5.82 Å². The largest absolute Gasteiger partial charge is 0.490 e. The molecule has 0 bridgehead atoms. The molecule has 0 spiro atoms. The molecule has 114 valence electrons. The molecule has 0 atom stereocenters. The van der Waals surface area contributed by atoms with Crippen LogP contribution < -0.4 is 4.74 Å². The monoisotopic (exact) mass is 294 g/mol. The predicted molar refractivity (Wildman–Crippen MR) is 88.9 cm³/mol. The first-order chi connectivity index (χ1) is 10.8. The van der Waals surface area contributed by atoms with Gasteiger partial charge >= 0.3 is 0 Å². The molecular weight excluding hydrogens is 272 g/mol. The van der Waals surface area contributed by atoms with Crippen LogP contribution in [0, 0.1) is 11.8 Å². The van der Waals surface area contributed by atoms with Crippen LogP contribution >= 0.6 is 0 Å². The molecule has 3 nitrogen and oxygen atoms in total. The van der Waals surface area contributed by atoms with Gasteiger partial charge in [-0.15, -0.1) is 0 Å². The van der Waals surface area contributed by atoms with Crippen molar-refractivity contribution in [2.45, 2.75) is 39.5 Å². The number of aryl methyl sites for hydroxylation is 1. The predicted octanol–water partition coefficient (Wildman–Crippen LogP) is 4.01. The molecule has 1 aromatic heterocycles. The van der Waals surface area contributed by atoms with E-state index in [1.54, 1.807) is 12.4 Å². The molecule has 0 radical (unpaired) electrons. The summed E-state index contributed by atoms with van der Waals surface area (Å²) in [5.74, 6) is 7.27. The van der Waals surface area contributed by atoms with Crippen LogP contribution in [-0.4, -0.2) is 16.6 Å². The van der Waals surface area contributed by atoms with Crippen molar-refractivity contribution >= 4 is 0 Å². The number of unbranched alkanes of at least 4 members (excludes halogenated alkanes) is 1. The lowest BCUT2D eigenvalue weighted by molar-refractivity contribution is 0.314. The quantitative estimate of drug-likeness (QED) is 0.755. The highest BCUT2D eigenvalue weighted by atomic mass is 16.5. The Labute approximate surface area is 132 Å². The van der Waals surface area contributed by atoms with E-state index in [1.807, 2.05) is 0 Å². The second kappa shape index (κ2) is 8.84. The van der Waals surface area contributed by atoms with Crippen molar-refractivity contribution in [1.29, 1.82) is 0 Å². The molecule has 2 aromatic rings. The van der Waals surface area contributed by atoms with Gasteiger partial charge < -0.3 is 4.74 Å². The fraction of sp³-hybridized carbons (Fsp3) is 0.368. The molecule has 0 saturated carbocycles. The van der Waals surface area contributed by atoms with Gasteiger partial charge in [-0.05, 0) is 42.9 Å². The van der Waals surface area contributed by atoms with E-state index in [9.17, 15) is 0 Å². The summed E-state index contributed by atoms with van der Waals surface area (Å²) in [4.78, 5) is 8.39. The summed E-state index contributed by atoms with van der Waals surface area (Å²) in [6.07, 6.45) is 7.88. The van der Waals surface area contributed by atoms with Crippen LogP contribution in [0.5, 0.6) is 5.75 Å². The standard InChI is InChI=1S/C19H22N2O/c1-3-5-6-16-7-9-17(10-8-16)11-12-19-20-14-18(15-21-19)22-13-4-2/h7-10,14-15H,3-6,13H2,1-2H3. The second-order valence-electron chi connectivity index (χ2n) is 5.14. The van der Waals surface area contributed by atoms with E-state index in [0.29, 0.717) is 18.2 Å². The number of hydrogen-bond donors (Lipinski definition) is 0. The molecule has 0 saturated heterocycles. The lowest BCUT2D eigenvalue weighted by Gasteiger charge is -2.01. The molecular formula is C19H22N2O. The maximum atomic E-state index is 5.45. The molecule has 0 aliphatic rings. The van der Waals surface area contributed by atoms with Crippen molar-refractivity contribution in [1.82, 2.24) is 9.97 Å². The van der Waals surface area contributed by atoms with Crippen LogP contribution in [-0.2, 0) is 6.42 Å². The second-order valence-corrected chi connectivity index (χ2v) is 5.14. The summed E-state index contributed by atoms with van der Waals surface area (Å²) in [6, 6.07) is 8.39. The van der Waals surface area contributed by atoms with E-state index in [0.717, 1.165) is 18.4 Å². The van der Waals surface area contributed by atoms with Crippen LogP contribution in [0.4, 0.5) is 0 Å². The van der Waals surface area contributed by atoms with Crippen molar-refractivity contribution in [3.63, 3.8) is 0 Å². The minimum atomic E-state index is 0.513. The van der Waals surface area contributed by atoms with Gasteiger partial charge in [-0.2, -0.15) is 0 Å². The maximum absolute atomic E-state index is 5.45. The third kappa shape index (κ3) is 5.21. The highest BCUT2D eigenvalue weighted by Crippen LogP contribution is 2.08. The lowest BCUT2D eigenvalue weighted by atomic mass is 10.1. The van der Waals surface area contributed by atoms with Crippen LogP contribution in [0.1, 0.15) is 50.1 Å².